The lowest BCUT2D eigenvalue weighted by Crippen LogP contribution is -1.77. The largest absolute Gasteiger partial charge is 0.375 e. The van der Waals surface area contributed by atoms with E-state index in [9.17, 15) is 0 Å². The van der Waals surface area contributed by atoms with Crippen LogP contribution in [0.3, 0.4) is 0 Å². The molecule has 0 saturated heterocycles. The summed E-state index contributed by atoms with van der Waals surface area (Å²) in [6.07, 6.45) is 1.66. The van der Waals surface area contributed by atoms with Crippen LogP contribution in [0, 0.1) is 11.8 Å². The molecule has 1 rings (SSSR count). The van der Waals surface area contributed by atoms with Gasteiger partial charge in [-0.3, -0.25) is 0 Å². The number of thiol groups is 1. The lowest BCUT2D eigenvalue weighted by Gasteiger charge is -1.73. The van der Waals surface area contributed by atoms with Gasteiger partial charge in [0.25, 0.3) is 0 Å². The van der Waals surface area contributed by atoms with Gasteiger partial charge in [0.05, 0.1) is 16.8 Å². The van der Waals surface area contributed by atoms with Crippen molar-refractivity contribution >= 4 is 29.1 Å². The van der Waals surface area contributed by atoms with Gasteiger partial charge in [0, 0.05) is 0 Å². The molecule has 2 nitrogen and oxygen atoms in total. The normalized spacial score (nSPS) is 8.50. The van der Waals surface area contributed by atoms with Crippen molar-refractivity contribution in [2.45, 2.75) is 0 Å². The van der Waals surface area contributed by atoms with Gasteiger partial charge >= 0.3 is 0 Å². The minimum Gasteiger partial charge on any atom is -0.375 e. The molecule has 0 unspecified atom stereocenters. The number of hydrogen-bond acceptors (Lipinski definition) is 4. The highest BCUT2D eigenvalue weighted by atomic mass is 32.1. The highest BCUT2D eigenvalue weighted by Crippen LogP contribution is 2.11. The van der Waals surface area contributed by atoms with Crippen molar-refractivity contribution < 1.29 is 0 Å². The molecule has 0 spiro atoms. The van der Waals surface area contributed by atoms with E-state index in [0.717, 1.165) is 4.88 Å². The second-order valence-electron chi connectivity index (χ2n) is 1.52. The van der Waals surface area contributed by atoms with E-state index in [0.29, 0.717) is 10.9 Å². The topological polar surface area (TPSA) is 38.9 Å². The van der Waals surface area contributed by atoms with Crippen LogP contribution in [-0.2, 0) is 0 Å². The molecular weight excluding hydrogens is 164 g/mol. The van der Waals surface area contributed by atoms with Crippen LogP contribution in [0.5, 0.6) is 0 Å². The zero-order valence-corrected chi connectivity index (χ0v) is 6.88. The number of nitrogen functional groups attached to an aromatic ring is 1. The van der Waals surface area contributed by atoms with E-state index in [4.69, 9.17) is 5.73 Å². The number of thiazole rings is 1. The third-order valence-corrected chi connectivity index (χ3v) is 1.71. The summed E-state index contributed by atoms with van der Waals surface area (Å²) in [5.41, 5.74) is 5.37. The summed E-state index contributed by atoms with van der Waals surface area (Å²) in [6, 6.07) is 0. The molecule has 0 aliphatic carbocycles. The molecule has 0 radical (unpaired) electrons. The zero-order chi connectivity index (χ0) is 7.40. The molecule has 0 bridgehead atoms. The molecule has 2 N–H and O–H groups in total. The molecule has 0 aliphatic rings. The van der Waals surface area contributed by atoms with Crippen molar-refractivity contribution in [2.24, 2.45) is 0 Å². The third-order valence-electron chi connectivity index (χ3n) is 0.814. The molecule has 10 heavy (non-hydrogen) atoms. The smallest absolute Gasteiger partial charge is 0.181 e. The van der Waals surface area contributed by atoms with Crippen LogP contribution in [0.4, 0.5) is 5.13 Å². The Bertz CT molecular complexity index is 269. The standard InChI is InChI=1S/C6H6N2S2/c7-6-8-4-5(10-6)2-1-3-9/h4,9H,3H2,(H2,7,8). The number of anilines is 1. The molecule has 0 fully saturated rings. The first kappa shape index (κ1) is 7.45. The van der Waals surface area contributed by atoms with Gasteiger partial charge in [-0.05, 0) is 0 Å². The summed E-state index contributed by atoms with van der Waals surface area (Å²) in [4.78, 5) is 4.73. The molecule has 52 valence electrons. The minimum atomic E-state index is 0.559. The van der Waals surface area contributed by atoms with Gasteiger partial charge in [-0.15, -0.1) is 0 Å². The van der Waals surface area contributed by atoms with Gasteiger partial charge in [-0.1, -0.05) is 23.2 Å². The first-order valence-electron chi connectivity index (χ1n) is 2.64. The number of rotatable bonds is 0. The van der Waals surface area contributed by atoms with E-state index >= 15 is 0 Å². The predicted molar refractivity (Wildman–Crippen MR) is 47.3 cm³/mol. The van der Waals surface area contributed by atoms with Crippen molar-refractivity contribution in [1.29, 1.82) is 0 Å². The van der Waals surface area contributed by atoms with Gasteiger partial charge in [-0.2, -0.15) is 12.6 Å². The van der Waals surface area contributed by atoms with Crippen molar-refractivity contribution in [3.63, 3.8) is 0 Å². The third kappa shape index (κ3) is 1.94. The first-order chi connectivity index (χ1) is 4.83. The number of nitrogens with two attached hydrogens (primary N) is 1. The molecule has 1 heterocycles. The second kappa shape index (κ2) is 3.49. The highest BCUT2D eigenvalue weighted by molar-refractivity contribution is 7.80. The van der Waals surface area contributed by atoms with E-state index in [-0.39, 0.29) is 0 Å². The maximum Gasteiger partial charge on any atom is 0.181 e. The lowest BCUT2D eigenvalue weighted by atomic mass is 10.5. The summed E-state index contributed by atoms with van der Waals surface area (Å²) in [6.45, 7) is 0. The summed E-state index contributed by atoms with van der Waals surface area (Å²) < 4.78 is 0. The van der Waals surface area contributed by atoms with E-state index in [1.165, 1.54) is 11.3 Å². The monoisotopic (exact) mass is 170 g/mol. The Hall–Kier alpha value is -0.660. The van der Waals surface area contributed by atoms with Gasteiger partial charge in [0.1, 0.15) is 0 Å². The highest BCUT2D eigenvalue weighted by Gasteiger charge is 1.91. The average molecular weight is 170 g/mol. The fraction of sp³-hybridized carbons (Fsp3) is 0.167. The van der Waals surface area contributed by atoms with Gasteiger partial charge < -0.3 is 5.73 Å². The second-order valence-corrected chi connectivity index (χ2v) is 2.90. The fourth-order valence-electron chi connectivity index (χ4n) is 0.472. The maximum absolute atomic E-state index is 5.37. The molecule has 1 aromatic rings. The van der Waals surface area contributed by atoms with Crippen LogP contribution in [0.2, 0.25) is 0 Å². The Balaban J connectivity index is 2.76. The predicted octanol–water partition coefficient (Wildman–Crippen LogP) is 1.01. The summed E-state index contributed by atoms with van der Waals surface area (Å²) >= 11 is 5.32. The minimum absolute atomic E-state index is 0.559. The fourth-order valence-corrected chi connectivity index (χ4v) is 1.11. The Labute approximate surface area is 68.9 Å². The Morgan fingerprint density at radius 2 is 2.60 bits per heavy atom. The van der Waals surface area contributed by atoms with Gasteiger partial charge in [-0.25, -0.2) is 4.98 Å². The lowest BCUT2D eigenvalue weighted by molar-refractivity contribution is 1.42. The summed E-state index contributed by atoms with van der Waals surface area (Å²) in [7, 11) is 0. The van der Waals surface area contributed by atoms with Crippen molar-refractivity contribution in [2.75, 3.05) is 11.5 Å². The number of hydrogen-bond donors (Lipinski definition) is 2. The molecule has 0 amide bonds. The van der Waals surface area contributed by atoms with Crippen molar-refractivity contribution in [3.8, 4) is 11.8 Å². The first-order valence-corrected chi connectivity index (χ1v) is 4.09. The molecular formula is C6H6N2S2. The van der Waals surface area contributed by atoms with E-state index < -0.39 is 0 Å². The molecule has 4 heteroatoms. The van der Waals surface area contributed by atoms with E-state index in [2.05, 4.69) is 29.5 Å². The van der Waals surface area contributed by atoms with Crippen LogP contribution >= 0.6 is 24.0 Å². The Morgan fingerprint density at radius 3 is 3.10 bits per heavy atom. The zero-order valence-electron chi connectivity index (χ0n) is 5.16. The van der Waals surface area contributed by atoms with Crippen LogP contribution in [0.1, 0.15) is 4.88 Å². The van der Waals surface area contributed by atoms with E-state index in [1.807, 2.05) is 0 Å². The van der Waals surface area contributed by atoms with Crippen LogP contribution < -0.4 is 5.73 Å². The molecule has 0 aromatic carbocycles. The quantitative estimate of drug-likeness (QED) is 0.450. The number of aromatic nitrogens is 1. The van der Waals surface area contributed by atoms with Crippen LogP contribution in [0.15, 0.2) is 6.20 Å². The Morgan fingerprint density at radius 1 is 1.80 bits per heavy atom. The average Bonchev–Trinajstić information content (AvgIpc) is 2.31. The van der Waals surface area contributed by atoms with Crippen LogP contribution in [0.25, 0.3) is 0 Å². The molecule has 0 saturated carbocycles. The van der Waals surface area contributed by atoms with Gasteiger partial charge in [0.15, 0.2) is 5.13 Å². The van der Waals surface area contributed by atoms with E-state index in [1.54, 1.807) is 6.20 Å². The summed E-state index contributed by atoms with van der Waals surface area (Å²) in [5, 5.41) is 0.559. The van der Waals surface area contributed by atoms with Gasteiger partial charge in [0.2, 0.25) is 0 Å². The number of nitrogens with zero attached hydrogens (tertiary/aromatic N) is 1. The molecule has 0 atom stereocenters. The van der Waals surface area contributed by atoms with Crippen LogP contribution in [-0.4, -0.2) is 10.7 Å². The van der Waals surface area contributed by atoms with Crippen molar-refractivity contribution in [1.82, 2.24) is 4.98 Å². The summed E-state index contributed by atoms with van der Waals surface area (Å²) in [5.74, 6) is 6.24. The SMILES string of the molecule is Nc1ncc(C#CCS)s1. The molecule has 1 aromatic heterocycles. The Kier molecular flexibility index (Phi) is 2.60. The molecule has 0 aliphatic heterocycles. The van der Waals surface area contributed by atoms with Crippen molar-refractivity contribution in [3.05, 3.63) is 11.1 Å². The maximum atomic E-state index is 5.37.